The number of hydrogen-bond acceptors (Lipinski definition) is 1. The van der Waals surface area contributed by atoms with Crippen molar-refractivity contribution < 1.29 is 9.18 Å². The fourth-order valence-corrected chi connectivity index (χ4v) is 2.83. The Hall–Kier alpha value is -1.64. The van der Waals surface area contributed by atoms with Crippen LogP contribution in [0.15, 0.2) is 36.4 Å². The maximum atomic E-state index is 12.9. The summed E-state index contributed by atoms with van der Waals surface area (Å²) in [5, 5.41) is 0. The number of halogens is 1. The molecule has 1 aromatic rings. The van der Waals surface area contributed by atoms with Gasteiger partial charge in [-0.05, 0) is 37.0 Å². The Kier molecular flexibility index (Phi) is 2.46. The molecular formula is C14H14FNO. The smallest absolute Gasteiger partial charge is 0.247 e. The van der Waals surface area contributed by atoms with E-state index >= 15 is 0 Å². The zero-order valence-electron chi connectivity index (χ0n) is 9.47. The third kappa shape index (κ3) is 1.75. The summed E-state index contributed by atoms with van der Waals surface area (Å²) in [4.78, 5) is 13.8. The normalized spacial score (nSPS) is 27.4. The molecule has 0 bridgehead atoms. The number of hydrogen-bond donors (Lipinski definition) is 0. The fourth-order valence-electron chi connectivity index (χ4n) is 2.83. The predicted octanol–water partition coefficient (Wildman–Crippen LogP) is 2.82. The van der Waals surface area contributed by atoms with E-state index in [4.69, 9.17) is 0 Å². The second kappa shape index (κ2) is 3.99. The number of carbonyl (C=O) groups excluding carboxylic acids is 1. The van der Waals surface area contributed by atoms with Gasteiger partial charge in [0.1, 0.15) is 5.82 Å². The highest BCUT2D eigenvalue weighted by atomic mass is 19.1. The van der Waals surface area contributed by atoms with Gasteiger partial charge in [-0.25, -0.2) is 4.39 Å². The summed E-state index contributed by atoms with van der Waals surface area (Å²) in [5.41, 5.74) is 1.04. The number of piperidine rings is 1. The standard InChI is InChI=1S/C14H14FNO/c15-11-6-4-10(5-7-11)13-3-1-2-12-8-9-14(17)16(12)13/h4-9,12-13H,1-3H2/t12-,13?/m0/s1. The van der Waals surface area contributed by atoms with E-state index in [1.54, 1.807) is 18.2 Å². The van der Waals surface area contributed by atoms with Crippen LogP contribution in [0, 0.1) is 5.82 Å². The molecule has 1 unspecified atom stereocenters. The highest BCUT2D eigenvalue weighted by molar-refractivity contribution is 5.91. The van der Waals surface area contributed by atoms with Crippen LogP contribution in [0.25, 0.3) is 0 Å². The number of benzene rings is 1. The van der Waals surface area contributed by atoms with Crippen molar-refractivity contribution >= 4 is 5.91 Å². The second-order valence-corrected chi connectivity index (χ2v) is 4.67. The molecule has 3 heteroatoms. The van der Waals surface area contributed by atoms with Crippen LogP contribution in [0.5, 0.6) is 0 Å². The first-order valence-corrected chi connectivity index (χ1v) is 6.01. The highest BCUT2D eigenvalue weighted by Crippen LogP contribution is 2.37. The fraction of sp³-hybridized carbons (Fsp3) is 0.357. The second-order valence-electron chi connectivity index (χ2n) is 4.67. The minimum absolute atomic E-state index is 0.0871. The minimum atomic E-state index is -0.230. The Bertz CT molecular complexity index is 466. The molecule has 1 aromatic carbocycles. The molecule has 2 nitrogen and oxygen atoms in total. The van der Waals surface area contributed by atoms with Crippen molar-refractivity contribution in [1.82, 2.24) is 4.90 Å². The molecule has 1 amide bonds. The summed E-state index contributed by atoms with van der Waals surface area (Å²) in [7, 11) is 0. The lowest BCUT2D eigenvalue weighted by Gasteiger charge is -2.38. The van der Waals surface area contributed by atoms with E-state index in [1.165, 1.54) is 12.1 Å². The topological polar surface area (TPSA) is 20.3 Å². The molecule has 2 atom stereocenters. The number of rotatable bonds is 1. The maximum Gasteiger partial charge on any atom is 0.247 e. The number of fused-ring (bicyclic) bond motifs is 1. The summed E-state index contributed by atoms with van der Waals surface area (Å²) >= 11 is 0. The van der Waals surface area contributed by atoms with Gasteiger partial charge in [0.2, 0.25) is 5.91 Å². The average molecular weight is 231 g/mol. The van der Waals surface area contributed by atoms with Crippen LogP contribution >= 0.6 is 0 Å². The van der Waals surface area contributed by atoms with Gasteiger partial charge < -0.3 is 4.90 Å². The zero-order chi connectivity index (χ0) is 11.8. The summed E-state index contributed by atoms with van der Waals surface area (Å²) in [6, 6.07) is 6.85. The molecule has 0 spiro atoms. The summed E-state index contributed by atoms with van der Waals surface area (Å²) in [6.07, 6.45) is 6.76. The van der Waals surface area contributed by atoms with Crippen molar-refractivity contribution in [3.63, 3.8) is 0 Å². The Labute approximate surface area is 99.7 Å². The third-order valence-electron chi connectivity index (χ3n) is 3.64. The predicted molar refractivity (Wildman–Crippen MR) is 62.8 cm³/mol. The van der Waals surface area contributed by atoms with Crippen molar-refractivity contribution in [3.8, 4) is 0 Å². The Morgan fingerprint density at radius 3 is 2.71 bits per heavy atom. The van der Waals surface area contributed by atoms with Crippen molar-refractivity contribution in [2.75, 3.05) is 0 Å². The number of carbonyl (C=O) groups is 1. The molecule has 2 heterocycles. The number of nitrogens with zero attached hydrogens (tertiary/aromatic N) is 1. The monoisotopic (exact) mass is 231 g/mol. The molecule has 0 N–H and O–H groups in total. The largest absolute Gasteiger partial charge is 0.326 e. The van der Waals surface area contributed by atoms with E-state index < -0.39 is 0 Å². The molecule has 0 radical (unpaired) electrons. The van der Waals surface area contributed by atoms with Crippen LogP contribution in [-0.2, 0) is 4.79 Å². The maximum absolute atomic E-state index is 12.9. The first kappa shape index (κ1) is 10.5. The van der Waals surface area contributed by atoms with Gasteiger partial charge in [-0.3, -0.25) is 4.79 Å². The van der Waals surface area contributed by atoms with Gasteiger partial charge in [0.15, 0.2) is 0 Å². The lowest BCUT2D eigenvalue weighted by atomic mass is 9.92. The van der Waals surface area contributed by atoms with E-state index in [2.05, 4.69) is 0 Å². The molecule has 17 heavy (non-hydrogen) atoms. The Morgan fingerprint density at radius 1 is 1.18 bits per heavy atom. The number of amides is 1. The minimum Gasteiger partial charge on any atom is -0.326 e. The lowest BCUT2D eigenvalue weighted by Crippen LogP contribution is -2.40. The summed E-state index contributed by atoms with van der Waals surface area (Å²) in [5.74, 6) is -0.143. The van der Waals surface area contributed by atoms with Gasteiger partial charge in [0, 0.05) is 6.08 Å². The molecule has 0 saturated carbocycles. The van der Waals surface area contributed by atoms with Crippen LogP contribution < -0.4 is 0 Å². The van der Waals surface area contributed by atoms with Gasteiger partial charge >= 0.3 is 0 Å². The van der Waals surface area contributed by atoms with Crippen LogP contribution in [-0.4, -0.2) is 16.8 Å². The highest BCUT2D eigenvalue weighted by Gasteiger charge is 2.35. The van der Waals surface area contributed by atoms with E-state index in [0.717, 1.165) is 24.8 Å². The molecule has 1 fully saturated rings. The van der Waals surface area contributed by atoms with Gasteiger partial charge in [-0.1, -0.05) is 18.2 Å². The zero-order valence-corrected chi connectivity index (χ0v) is 9.47. The van der Waals surface area contributed by atoms with Crippen molar-refractivity contribution in [2.45, 2.75) is 31.3 Å². The third-order valence-corrected chi connectivity index (χ3v) is 3.64. The average Bonchev–Trinajstić information content (AvgIpc) is 2.73. The SMILES string of the molecule is O=C1C=C[C@@H]2CCCC(c3ccc(F)cc3)N12. The molecule has 88 valence electrons. The van der Waals surface area contributed by atoms with Gasteiger partial charge in [-0.2, -0.15) is 0 Å². The van der Waals surface area contributed by atoms with Crippen LogP contribution in [0.4, 0.5) is 4.39 Å². The van der Waals surface area contributed by atoms with Gasteiger partial charge in [0.05, 0.1) is 12.1 Å². The van der Waals surface area contributed by atoms with Crippen LogP contribution in [0.2, 0.25) is 0 Å². The van der Waals surface area contributed by atoms with Gasteiger partial charge in [-0.15, -0.1) is 0 Å². The molecule has 2 aliphatic rings. The van der Waals surface area contributed by atoms with Crippen LogP contribution in [0.1, 0.15) is 30.9 Å². The lowest BCUT2D eigenvalue weighted by molar-refractivity contribution is -0.130. The van der Waals surface area contributed by atoms with Crippen molar-refractivity contribution in [1.29, 1.82) is 0 Å². The first-order valence-electron chi connectivity index (χ1n) is 6.01. The van der Waals surface area contributed by atoms with E-state index in [9.17, 15) is 9.18 Å². The molecule has 0 aromatic heterocycles. The van der Waals surface area contributed by atoms with Gasteiger partial charge in [0.25, 0.3) is 0 Å². The Morgan fingerprint density at radius 2 is 1.94 bits per heavy atom. The quantitative estimate of drug-likeness (QED) is 0.727. The molecule has 0 aliphatic carbocycles. The molecule has 1 saturated heterocycles. The van der Waals surface area contributed by atoms with Crippen LogP contribution in [0.3, 0.4) is 0 Å². The summed E-state index contributed by atoms with van der Waals surface area (Å²) < 4.78 is 12.9. The molecule has 3 rings (SSSR count). The van der Waals surface area contributed by atoms with E-state index in [1.807, 2.05) is 11.0 Å². The summed E-state index contributed by atoms with van der Waals surface area (Å²) in [6.45, 7) is 0. The van der Waals surface area contributed by atoms with E-state index in [-0.39, 0.29) is 23.8 Å². The Balaban J connectivity index is 1.91. The van der Waals surface area contributed by atoms with Crippen molar-refractivity contribution in [2.24, 2.45) is 0 Å². The first-order chi connectivity index (χ1) is 8.25. The van der Waals surface area contributed by atoms with Crippen molar-refractivity contribution in [3.05, 3.63) is 47.8 Å². The molecule has 2 aliphatic heterocycles. The molecular weight excluding hydrogens is 217 g/mol. The van der Waals surface area contributed by atoms with E-state index in [0.29, 0.717) is 0 Å².